The van der Waals surface area contributed by atoms with E-state index in [1.807, 2.05) is 51.1 Å². The Bertz CT molecular complexity index is 763. The molecule has 1 atom stereocenters. The van der Waals surface area contributed by atoms with Crippen molar-refractivity contribution in [3.05, 3.63) is 66.0 Å². The van der Waals surface area contributed by atoms with Gasteiger partial charge in [-0.25, -0.2) is 4.39 Å². The van der Waals surface area contributed by atoms with E-state index in [9.17, 15) is 14.0 Å². The summed E-state index contributed by atoms with van der Waals surface area (Å²) in [5, 5.41) is 2.88. The smallest absolute Gasteiger partial charge is 0.261 e. The van der Waals surface area contributed by atoms with E-state index in [0.29, 0.717) is 18.7 Å². The molecule has 2 amide bonds. The molecule has 2 aromatic rings. The predicted octanol–water partition coefficient (Wildman–Crippen LogP) is 3.54. The maximum atomic E-state index is 13.0. The number of amides is 2. The van der Waals surface area contributed by atoms with Gasteiger partial charge in [-0.05, 0) is 50.1 Å². The van der Waals surface area contributed by atoms with Crippen LogP contribution in [-0.4, -0.2) is 35.4 Å². The van der Waals surface area contributed by atoms with E-state index in [0.717, 1.165) is 5.56 Å². The van der Waals surface area contributed by atoms with Crippen molar-refractivity contribution in [3.63, 3.8) is 0 Å². The standard InChI is InChI=1S/C22H27FN2O3/c1-4-20(22(27)24-16(2)3)25(14-17-8-6-5-7-9-17)21(26)15-28-19-12-10-18(23)11-13-19/h5-13,16,20H,4,14-15H2,1-3H3,(H,24,27)/t20-/m0/s1. The number of carbonyl (C=O) groups is 2. The first-order chi connectivity index (χ1) is 13.4. The molecule has 1 N–H and O–H groups in total. The van der Waals surface area contributed by atoms with Crippen LogP contribution in [0.15, 0.2) is 54.6 Å². The van der Waals surface area contributed by atoms with Crippen molar-refractivity contribution in [1.29, 1.82) is 0 Å². The van der Waals surface area contributed by atoms with Gasteiger partial charge in [-0.3, -0.25) is 9.59 Å². The summed E-state index contributed by atoms with van der Waals surface area (Å²) in [4.78, 5) is 27.1. The molecule has 0 aliphatic heterocycles. The van der Waals surface area contributed by atoms with Gasteiger partial charge in [-0.15, -0.1) is 0 Å². The Morgan fingerprint density at radius 1 is 1.07 bits per heavy atom. The van der Waals surface area contributed by atoms with Crippen LogP contribution in [0.1, 0.15) is 32.8 Å². The van der Waals surface area contributed by atoms with Gasteiger partial charge in [0.1, 0.15) is 17.6 Å². The van der Waals surface area contributed by atoms with Gasteiger partial charge in [0.15, 0.2) is 6.61 Å². The van der Waals surface area contributed by atoms with Crippen LogP contribution in [0.5, 0.6) is 5.75 Å². The fraction of sp³-hybridized carbons (Fsp3) is 0.364. The monoisotopic (exact) mass is 386 g/mol. The van der Waals surface area contributed by atoms with Crippen LogP contribution >= 0.6 is 0 Å². The fourth-order valence-electron chi connectivity index (χ4n) is 2.84. The SMILES string of the molecule is CC[C@@H](C(=O)NC(C)C)N(Cc1ccccc1)C(=O)COc1ccc(F)cc1. The number of hydrogen-bond acceptors (Lipinski definition) is 3. The van der Waals surface area contributed by atoms with Crippen molar-refractivity contribution in [2.75, 3.05) is 6.61 Å². The van der Waals surface area contributed by atoms with Crippen molar-refractivity contribution < 1.29 is 18.7 Å². The van der Waals surface area contributed by atoms with Gasteiger partial charge in [-0.2, -0.15) is 0 Å². The Hall–Kier alpha value is -2.89. The Balaban J connectivity index is 2.16. The number of nitrogens with zero attached hydrogens (tertiary/aromatic N) is 1. The number of hydrogen-bond donors (Lipinski definition) is 1. The van der Waals surface area contributed by atoms with Crippen molar-refractivity contribution >= 4 is 11.8 Å². The second kappa shape index (κ2) is 10.4. The molecule has 0 fully saturated rings. The van der Waals surface area contributed by atoms with E-state index in [-0.39, 0.29) is 30.3 Å². The zero-order valence-corrected chi connectivity index (χ0v) is 16.5. The van der Waals surface area contributed by atoms with Crippen LogP contribution in [0, 0.1) is 5.82 Å². The van der Waals surface area contributed by atoms with Crippen LogP contribution in [0.2, 0.25) is 0 Å². The highest BCUT2D eigenvalue weighted by atomic mass is 19.1. The summed E-state index contributed by atoms with van der Waals surface area (Å²) in [5.74, 6) is -0.475. The van der Waals surface area contributed by atoms with Gasteiger partial charge in [0, 0.05) is 12.6 Å². The van der Waals surface area contributed by atoms with Crippen LogP contribution in [0.25, 0.3) is 0 Å². The molecule has 6 heteroatoms. The van der Waals surface area contributed by atoms with E-state index in [1.165, 1.54) is 29.2 Å². The highest BCUT2D eigenvalue weighted by Crippen LogP contribution is 2.15. The lowest BCUT2D eigenvalue weighted by Gasteiger charge is -2.31. The molecule has 0 aliphatic rings. The minimum Gasteiger partial charge on any atom is -0.484 e. The molecule has 0 bridgehead atoms. The number of benzene rings is 2. The van der Waals surface area contributed by atoms with Gasteiger partial charge >= 0.3 is 0 Å². The molecule has 2 rings (SSSR count). The molecule has 0 heterocycles. The maximum absolute atomic E-state index is 13.0. The van der Waals surface area contributed by atoms with E-state index in [1.54, 1.807) is 0 Å². The van der Waals surface area contributed by atoms with Crippen molar-refractivity contribution in [1.82, 2.24) is 10.2 Å². The summed E-state index contributed by atoms with van der Waals surface area (Å²) in [7, 11) is 0. The third-order valence-electron chi connectivity index (χ3n) is 4.19. The minimum absolute atomic E-state index is 0.0225. The first-order valence-electron chi connectivity index (χ1n) is 9.42. The molecule has 0 aliphatic carbocycles. The second-order valence-corrected chi connectivity index (χ2v) is 6.84. The van der Waals surface area contributed by atoms with E-state index >= 15 is 0 Å². The molecule has 2 aromatic carbocycles. The third kappa shape index (κ3) is 6.37. The third-order valence-corrected chi connectivity index (χ3v) is 4.19. The topological polar surface area (TPSA) is 58.6 Å². The maximum Gasteiger partial charge on any atom is 0.261 e. The lowest BCUT2D eigenvalue weighted by molar-refractivity contribution is -0.143. The molecular formula is C22H27FN2O3. The highest BCUT2D eigenvalue weighted by Gasteiger charge is 2.29. The van der Waals surface area contributed by atoms with Crippen molar-refractivity contribution in [2.45, 2.75) is 45.8 Å². The number of halogens is 1. The molecule has 0 saturated carbocycles. The van der Waals surface area contributed by atoms with Crippen molar-refractivity contribution in [2.24, 2.45) is 0 Å². The van der Waals surface area contributed by atoms with E-state index < -0.39 is 6.04 Å². The molecule has 5 nitrogen and oxygen atoms in total. The van der Waals surface area contributed by atoms with Crippen LogP contribution < -0.4 is 10.1 Å². The van der Waals surface area contributed by atoms with Gasteiger partial charge in [0.05, 0.1) is 0 Å². The Kier molecular flexibility index (Phi) is 7.99. The fourth-order valence-corrected chi connectivity index (χ4v) is 2.84. The number of carbonyl (C=O) groups excluding carboxylic acids is 2. The number of ether oxygens (including phenoxy) is 1. The quantitative estimate of drug-likeness (QED) is 0.717. The second-order valence-electron chi connectivity index (χ2n) is 6.84. The first kappa shape index (κ1) is 21.4. The molecule has 28 heavy (non-hydrogen) atoms. The van der Waals surface area contributed by atoms with Crippen LogP contribution in [0.4, 0.5) is 4.39 Å². The first-order valence-corrected chi connectivity index (χ1v) is 9.42. The van der Waals surface area contributed by atoms with Crippen LogP contribution in [-0.2, 0) is 16.1 Å². The summed E-state index contributed by atoms with van der Waals surface area (Å²) in [6.45, 7) is 5.70. The average molecular weight is 386 g/mol. The normalized spacial score (nSPS) is 11.8. The lowest BCUT2D eigenvalue weighted by Crippen LogP contribution is -2.51. The number of nitrogens with one attached hydrogen (secondary N) is 1. The summed E-state index contributed by atoms with van der Waals surface area (Å²) in [6.07, 6.45) is 0.480. The Morgan fingerprint density at radius 3 is 2.29 bits per heavy atom. The molecule has 150 valence electrons. The summed E-state index contributed by atoms with van der Waals surface area (Å²) < 4.78 is 18.5. The Morgan fingerprint density at radius 2 is 1.71 bits per heavy atom. The molecule has 0 aromatic heterocycles. The van der Waals surface area contributed by atoms with Crippen LogP contribution in [0.3, 0.4) is 0 Å². The lowest BCUT2D eigenvalue weighted by atomic mass is 10.1. The zero-order chi connectivity index (χ0) is 20.5. The molecule has 0 saturated heterocycles. The molecular weight excluding hydrogens is 359 g/mol. The zero-order valence-electron chi connectivity index (χ0n) is 16.5. The summed E-state index contributed by atoms with van der Waals surface area (Å²) in [6, 6.07) is 14.3. The molecule has 0 spiro atoms. The van der Waals surface area contributed by atoms with Gasteiger partial charge in [0.25, 0.3) is 5.91 Å². The van der Waals surface area contributed by atoms with Gasteiger partial charge < -0.3 is 15.0 Å². The van der Waals surface area contributed by atoms with Gasteiger partial charge in [-0.1, -0.05) is 37.3 Å². The van der Waals surface area contributed by atoms with Crippen molar-refractivity contribution in [3.8, 4) is 5.75 Å². The molecule has 0 unspecified atom stereocenters. The predicted molar refractivity (Wildman–Crippen MR) is 106 cm³/mol. The van der Waals surface area contributed by atoms with E-state index in [2.05, 4.69) is 5.32 Å². The average Bonchev–Trinajstić information content (AvgIpc) is 2.67. The summed E-state index contributed by atoms with van der Waals surface area (Å²) in [5.41, 5.74) is 0.924. The number of rotatable bonds is 9. The Labute approximate surface area is 165 Å². The molecule has 0 radical (unpaired) electrons. The highest BCUT2D eigenvalue weighted by molar-refractivity contribution is 5.88. The largest absolute Gasteiger partial charge is 0.484 e. The summed E-state index contributed by atoms with van der Waals surface area (Å²) >= 11 is 0. The minimum atomic E-state index is -0.605. The van der Waals surface area contributed by atoms with E-state index in [4.69, 9.17) is 4.74 Å². The van der Waals surface area contributed by atoms with Gasteiger partial charge in [0.2, 0.25) is 5.91 Å².